The Morgan fingerprint density at radius 2 is 1.90 bits per heavy atom. The van der Waals surface area contributed by atoms with Crippen molar-refractivity contribution in [2.24, 2.45) is 0 Å². The molecule has 6 nitrogen and oxygen atoms in total. The standard InChI is InChI=1S/C13H20N4O2.ClH/c1-10-4-3-5-11(8-10)17-13(19)16-9-12(18)15-7-6-14-2;/h3-5,8,14H,6-7,9H2,1-2H3,(H,15,18)(H2,16,17,19);1H. The fraction of sp³-hybridized carbons (Fsp3) is 0.385. The Morgan fingerprint density at radius 3 is 2.55 bits per heavy atom. The van der Waals surface area contributed by atoms with Crippen molar-refractivity contribution < 1.29 is 9.59 Å². The first kappa shape index (κ1) is 18.2. The van der Waals surface area contributed by atoms with Gasteiger partial charge in [0.2, 0.25) is 5.91 Å². The molecule has 0 aromatic heterocycles. The predicted octanol–water partition coefficient (Wildman–Crippen LogP) is 0.874. The van der Waals surface area contributed by atoms with Gasteiger partial charge in [-0.2, -0.15) is 0 Å². The maximum Gasteiger partial charge on any atom is 0.319 e. The maximum atomic E-state index is 11.5. The second-order valence-corrected chi connectivity index (χ2v) is 4.13. The van der Waals surface area contributed by atoms with Crippen molar-refractivity contribution in [1.29, 1.82) is 0 Å². The average Bonchev–Trinajstić information content (AvgIpc) is 2.37. The van der Waals surface area contributed by atoms with E-state index in [0.29, 0.717) is 18.8 Å². The Balaban J connectivity index is 0.00000361. The van der Waals surface area contributed by atoms with Crippen LogP contribution in [0.1, 0.15) is 5.56 Å². The van der Waals surface area contributed by atoms with E-state index in [1.54, 1.807) is 13.1 Å². The van der Waals surface area contributed by atoms with Crippen molar-refractivity contribution >= 4 is 30.0 Å². The number of nitrogens with one attached hydrogen (secondary N) is 4. The number of anilines is 1. The van der Waals surface area contributed by atoms with Gasteiger partial charge in [0, 0.05) is 18.8 Å². The van der Waals surface area contributed by atoms with Crippen LogP contribution in [0.2, 0.25) is 0 Å². The van der Waals surface area contributed by atoms with Gasteiger partial charge in [0.25, 0.3) is 0 Å². The van der Waals surface area contributed by atoms with Gasteiger partial charge >= 0.3 is 6.03 Å². The van der Waals surface area contributed by atoms with Crippen LogP contribution in [0, 0.1) is 6.92 Å². The maximum absolute atomic E-state index is 11.5. The van der Waals surface area contributed by atoms with Gasteiger partial charge in [-0.25, -0.2) is 4.79 Å². The molecule has 0 atom stereocenters. The Kier molecular flexibility index (Phi) is 9.15. The van der Waals surface area contributed by atoms with E-state index in [0.717, 1.165) is 5.56 Å². The molecule has 7 heteroatoms. The lowest BCUT2D eigenvalue weighted by Gasteiger charge is -2.08. The van der Waals surface area contributed by atoms with E-state index in [1.165, 1.54) is 0 Å². The van der Waals surface area contributed by atoms with Crippen molar-refractivity contribution in [3.63, 3.8) is 0 Å². The molecule has 0 bridgehead atoms. The molecule has 0 heterocycles. The molecule has 1 aromatic rings. The third-order valence-electron chi connectivity index (χ3n) is 2.38. The zero-order chi connectivity index (χ0) is 14.1. The molecular formula is C13H21ClN4O2. The summed E-state index contributed by atoms with van der Waals surface area (Å²) >= 11 is 0. The molecule has 0 aliphatic heterocycles. The lowest BCUT2D eigenvalue weighted by atomic mass is 10.2. The number of urea groups is 1. The van der Waals surface area contributed by atoms with Crippen molar-refractivity contribution in [1.82, 2.24) is 16.0 Å². The first-order valence-corrected chi connectivity index (χ1v) is 6.14. The highest BCUT2D eigenvalue weighted by Crippen LogP contribution is 2.08. The minimum atomic E-state index is -0.394. The summed E-state index contributed by atoms with van der Waals surface area (Å²) in [5.41, 5.74) is 1.76. The van der Waals surface area contributed by atoms with Crippen LogP contribution in [0.3, 0.4) is 0 Å². The van der Waals surface area contributed by atoms with Crippen molar-refractivity contribution in [2.45, 2.75) is 6.92 Å². The number of hydrogen-bond donors (Lipinski definition) is 4. The Morgan fingerprint density at radius 1 is 1.15 bits per heavy atom. The molecule has 0 saturated carbocycles. The van der Waals surface area contributed by atoms with Crippen LogP contribution in [-0.4, -0.2) is 38.6 Å². The highest BCUT2D eigenvalue weighted by molar-refractivity contribution is 5.92. The molecule has 0 saturated heterocycles. The third kappa shape index (κ3) is 7.60. The molecule has 20 heavy (non-hydrogen) atoms. The lowest BCUT2D eigenvalue weighted by Crippen LogP contribution is -2.40. The summed E-state index contributed by atoms with van der Waals surface area (Å²) < 4.78 is 0. The molecule has 1 rings (SSSR count). The Bertz CT molecular complexity index is 440. The average molecular weight is 301 g/mol. The van der Waals surface area contributed by atoms with E-state index >= 15 is 0 Å². The predicted molar refractivity (Wildman–Crippen MR) is 82.4 cm³/mol. The van der Waals surface area contributed by atoms with Crippen molar-refractivity contribution in [3.8, 4) is 0 Å². The molecule has 0 spiro atoms. The van der Waals surface area contributed by atoms with Crippen LogP contribution in [0.4, 0.5) is 10.5 Å². The van der Waals surface area contributed by atoms with E-state index in [9.17, 15) is 9.59 Å². The molecule has 0 aliphatic carbocycles. The summed E-state index contributed by atoms with van der Waals surface area (Å²) in [6, 6.07) is 7.05. The van der Waals surface area contributed by atoms with Crippen molar-refractivity contribution in [3.05, 3.63) is 29.8 Å². The van der Waals surface area contributed by atoms with Gasteiger partial charge in [-0.15, -0.1) is 12.4 Å². The van der Waals surface area contributed by atoms with Crippen LogP contribution in [0.15, 0.2) is 24.3 Å². The van der Waals surface area contributed by atoms with Gasteiger partial charge < -0.3 is 21.3 Å². The highest BCUT2D eigenvalue weighted by atomic mass is 35.5. The molecule has 1 aromatic carbocycles. The van der Waals surface area contributed by atoms with Crippen LogP contribution in [0.25, 0.3) is 0 Å². The summed E-state index contributed by atoms with van der Waals surface area (Å²) in [7, 11) is 1.81. The quantitative estimate of drug-likeness (QED) is 0.589. The minimum Gasteiger partial charge on any atom is -0.353 e. The summed E-state index contributed by atoms with van der Waals surface area (Å²) in [5, 5.41) is 10.7. The van der Waals surface area contributed by atoms with Crippen LogP contribution in [0.5, 0.6) is 0 Å². The summed E-state index contributed by atoms with van der Waals surface area (Å²) in [5.74, 6) is -0.213. The number of amides is 3. The van der Waals surface area contributed by atoms with E-state index < -0.39 is 6.03 Å². The van der Waals surface area contributed by atoms with E-state index in [1.807, 2.05) is 25.1 Å². The smallest absolute Gasteiger partial charge is 0.319 e. The summed E-state index contributed by atoms with van der Waals surface area (Å²) in [4.78, 5) is 22.9. The topological polar surface area (TPSA) is 82.3 Å². The highest BCUT2D eigenvalue weighted by Gasteiger charge is 2.04. The second kappa shape index (κ2) is 10.1. The number of hydrogen-bond acceptors (Lipinski definition) is 3. The SMILES string of the molecule is CNCCNC(=O)CNC(=O)Nc1cccc(C)c1.Cl. The number of aryl methyl sites for hydroxylation is 1. The summed E-state index contributed by atoms with van der Waals surface area (Å²) in [6.07, 6.45) is 0. The van der Waals surface area contributed by atoms with Crippen LogP contribution in [-0.2, 0) is 4.79 Å². The van der Waals surface area contributed by atoms with Gasteiger partial charge in [0.15, 0.2) is 0 Å². The molecule has 0 unspecified atom stereocenters. The number of halogens is 1. The van der Waals surface area contributed by atoms with Crippen LogP contribution >= 0.6 is 12.4 Å². The van der Waals surface area contributed by atoms with Gasteiger partial charge in [-0.05, 0) is 31.7 Å². The fourth-order valence-corrected chi connectivity index (χ4v) is 1.45. The zero-order valence-electron chi connectivity index (χ0n) is 11.7. The molecule has 112 valence electrons. The minimum absolute atomic E-state index is 0. The first-order chi connectivity index (χ1) is 9.11. The molecule has 3 amide bonds. The number of benzene rings is 1. The lowest BCUT2D eigenvalue weighted by molar-refractivity contribution is -0.120. The molecule has 0 fully saturated rings. The van der Waals surface area contributed by atoms with Crippen molar-refractivity contribution in [2.75, 3.05) is 32.0 Å². The van der Waals surface area contributed by atoms with Gasteiger partial charge in [0.1, 0.15) is 0 Å². The fourth-order valence-electron chi connectivity index (χ4n) is 1.45. The van der Waals surface area contributed by atoms with Gasteiger partial charge in [-0.1, -0.05) is 12.1 Å². The summed E-state index contributed by atoms with van der Waals surface area (Å²) in [6.45, 7) is 3.14. The molecule has 0 radical (unpaired) electrons. The first-order valence-electron chi connectivity index (χ1n) is 6.14. The molecule has 0 aliphatic rings. The third-order valence-corrected chi connectivity index (χ3v) is 2.38. The Hall–Kier alpha value is -1.79. The van der Waals surface area contributed by atoms with Crippen LogP contribution < -0.4 is 21.3 Å². The van der Waals surface area contributed by atoms with Gasteiger partial charge in [0.05, 0.1) is 6.54 Å². The molecular weight excluding hydrogens is 280 g/mol. The largest absolute Gasteiger partial charge is 0.353 e. The molecule has 4 N–H and O–H groups in total. The number of carbonyl (C=O) groups excluding carboxylic acids is 2. The Labute approximate surface area is 125 Å². The van der Waals surface area contributed by atoms with E-state index in [4.69, 9.17) is 0 Å². The van der Waals surface area contributed by atoms with E-state index in [2.05, 4.69) is 21.3 Å². The van der Waals surface area contributed by atoms with Gasteiger partial charge in [-0.3, -0.25) is 4.79 Å². The number of rotatable bonds is 6. The second-order valence-electron chi connectivity index (χ2n) is 4.13. The monoisotopic (exact) mass is 300 g/mol. The number of likely N-dealkylation sites (N-methyl/N-ethyl adjacent to an activating group) is 1. The zero-order valence-corrected chi connectivity index (χ0v) is 12.5. The number of carbonyl (C=O) groups is 2. The van der Waals surface area contributed by atoms with E-state index in [-0.39, 0.29) is 24.9 Å². The normalized spacial score (nSPS) is 9.30.